The molecule has 8 heteroatoms. The molecule has 0 spiro atoms. The van der Waals surface area contributed by atoms with E-state index < -0.39 is 6.03 Å². The van der Waals surface area contributed by atoms with Gasteiger partial charge in [-0.3, -0.25) is 0 Å². The summed E-state index contributed by atoms with van der Waals surface area (Å²) >= 11 is 2.11. The molecular formula is C23H21FIN3O3. The summed E-state index contributed by atoms with van der Waals surface area (Å²) in [4.78, 5) is 12.0. The zero-order valence-electron chi connectivity index (χ0n) is 17.0. The molecule has 0 heterocycles. The Balaban J connectivity index is 1.65. The smallest absolute Gasteiger partial charge is 0.339 e. The molecule has 0 aromatic heterocycles. The topological polar surface area (TPSA) is 72.0 Å². The number of urea groups is 1. The van der Waals surface area contributed by atoms with Gasteiger partial charge in [-0.25, -0.2) is 14.6 Å². The van der Waals surface area contributed by atoms with Gasteiger partial charge >= 0.3 is 6.03 Å². The number of hydrazone groups is 1. The second kappa shape index (κ2) is 10.8. The van der Waals surface area contributed by atoms with E-state index in [1.807, 2.05) is 37.3 Å². The van der Waals surface area contributed by atoms with Crippen molar-refractivity contribution in [3.63, 3.8) is 0 Å². The first-order valence-corrected chi connectivity index (χ1v) is 10.4. The molecule has 0 aliphatic heterocycles. The summed E-state index contributed by atoms with van der Waals surface area (Å²) in [6.45, 7) is 1.98. The second-order valence-corrected chi connectivity index (χ2v) is 7.72. The van der Waals surface area contributed by atoms with Gasteiger partial charge in [0.15, 0.2) is 11.5 Å². The Morgan fingerprint density at radius 3 is 2.65 bits per heavy atom. The van der Waals surface area contributed by atoms with Crippen LogP contribution in [0.15, 0.2) is 65.8 Å². The monoisotopic (exact) mass is 533 g/mol. The molecule has 0 saturated heterocycles. The van der Waals surface area contributed by atoms with Gasteiger partial charge in [-0.2, -0.15) is 5.10 Å². The Morgan fingerprint density at radius 1 is 1.16 bits per heavy atom. The minimum Gasteiger partial charge on any atom is -0.493 e. The lowest BCUT2D eigenvalue weighted by atomic mass is 10.2. The van der Waals surface area contributed by atoms with Crippen LogP contribution >= 0.6 is 22.6 Å². The molecule has 6 nitrogen and oxygen atoms in total. The largest absolute Gasteiger partial charge is 0.493 e. The Bertz CT molecular complexity index is 1110. The lowest BCUT2D eigenvalue weighted by molar-refractivity contribution is 0.252. The number of ether oxygens (including phenoxy) is 2. The van der Waals surface area contributed by atoms with Gasteiger partial charge in [0.05, 0.1) is 16.9 Å². The first-order valence-electron chi connectivity index (χ1n) is 9.37. The molecule has 3 rings (SSSR count). The zero-order valence-corrected chi connectivity index (χ0v) is 19.1. The van der Waals surface area contributed by atoms with E-state index in [-0.39, 0.29) is 12.4 Å². The normalized spacial score (nSPS) is 10.7. The molecule has 160 valence electrons. The highest BCUT2D eigenvalue weighted by Crippen LogP contribution is 2.34. The number of para-hydroxylation sites is 1. The van der Waals surface area contributed by atoms with E-state index in [1.54, 1.807) is 24.3 Å². The molecule has 31 heavy (non-hydrogen) atoms. The van der Waals surface area contributed by atoms with Crippen LogP contribution in [0.1, 0.15) is 16.7 Å². The van der Waals surface area contributed by atoms with Crippen LogP contribution in [0.4, 0.5) is 14.9 Å². The van der Waals surface area contributed by atoms with Gasteiger partial charge in [0.2, 0.25) is 0 Å². The number of carbonyl (C=O) groups is 1. The summed E-state index contributed by atoms with van der Waals surface area (Å²) in [6.07, 6.45) is 1.50. The van der Waals surface area contributed by atoms with Crippen LogP contribution in [0.5, 0.6) is 11.5 Å². The number of carbonyl (C=O) groups excluding carboxylic acids is 1. The number of anilines is 1. The molecule has 0 radical (unpaired) electrons. The van der Waals surface area contributed by atoms with Crippen LogP contribution < -0.4 is 20.2 Å². The quantitative estimate of drug-likeness (QED) is 0.240. The molecule has 0 saturated carbocycles. The van der Waals surface area contributed by atoms with Crippen molar-refractivity contribution >= 4 is 40.5 Å². The summed E-state index contributed by atoms with van der Waals surface area (Å²) in [5.41, 5.74) is 5.25. The maximum atomic E-state index is 13.8. The van der Waals surface area contributed by atoms with Crippen molar-refractivity contribution in [2.24, 2.45) is 5.10 Å². The van der Waals surface area contributed by atoms with Gasteiger partial charge in [0.25, 0.3) is 0 Å². The Morgan fingerprint density at radius 2 is 1.90 bits per heavy atom. The maximum Gasteiger partial charge on any atom is 0.339 e. The molecule has 2 N–H and O–H groups in total. The summed E-state index contributed by atoms with van der Waals surface area (Å²) in [5.74, 6) is 0.665. The number of halogens is 2. The van der Waals surface area contributed by atoms with Crippen LogP contribution in [-0.4, -0.2) is 19.4 Å². The zero-order chi connectivity index (χ0) is 22.2. The molecule has 0 aliphatic carbocycles. The van der Waals surface area contributed by atoms with Gasteiger partial charge in [-0.05, 0) is 64.9 Å². The van der Waals surface area contributed by atoms with Crippen molar-refractivity contribution in [1.82, 2.24) is 5.43 Å². The predicted octanol–water partition coefficient (Wildman–Crippen LogP) is 5.48. The van der Waals surface area contributed by atoms with E-state index in [4.69, 9.17) is 9.47 Å². The van der Waals surface area contributed by atoms with Crippen LogP contribution in [-0.2, 0) is 6.61 Å². The van der Waals surface area contributed by atoms with Gasteiger partial charge in [0.1, 0.15) is 12.4 Å². The van der Waals surface area contributed by atoms with Crippen LogP contribution in [0.25, 0.3) is 0 Å². The molecule has 0 atom stereocenters. The average molecular weight is 533 g/mol. The van der Waals surface area contributed by atoms with Crippen LogP contribution in [0.2, 0.25) is 0 Å². The standard InChI is InChI=1S/C23H21FIN3O3/c1-15-7-3-6-10-20(15)27-23(29)28-26-13-16-11-19(25)22(21(12-16)30-2)31-14-17-8-4-5-9-18(17)24/h3-13H,14H2,1-2H3,(H2,27,28,29). The molecule has 0 unspecified atom stereocenters. The molecule has 3 aromatic rings. The first-order chi connectivity index (χ1) is 15.0. The third-order valence-electron chi connectivity index (χ3n) is 4.35. The number of rotatable bonds is 7. The number of nitrogens with zero attached hydrogens (tertiary/aromatic N) is 1. The highest BCUT2D eigenvalue weighted by molar-refractivity contribution is 14.1. The maximum absolute atomic E-state index is 13.8. The van der Waals surface area contributed by atoms with Crippen molar-refractivity contribution in [2.45, 2.75) is 13.5 Å². The highest BCUT2D eigenvalue weighted by Gasteiger charge is 2.12. The van der Waals surface area contributed by atoms with Crippen molar-refractivity contribution in [3.05, 3.63) is 86.7 Å². The fourth-order valence-corrected chi connectivity index (χ4v) is 3.53. The predicted molar refractivity (Wildman–Crippen MR) is 127 cm³/mol. The number of amides is 2. The fraction of sp³-hybridized carbons (Fsp3) is 0.130. The summed E-state index contributed by atoms with van der Waals surface area (Å²) in [6, 6.07) is 17.0. The Kier molecular flexibility index (Phi) is 7.82. The van der Waals surface area contributed by atoms with Gasteiger partial charge in [-0.15, -0.1) is 0 Å². The van der Waals surface area contributed by atoms with Gasteiger partial charge < -0.3 is 14.8 Å². The number of hydrogen-bond acceptors (Lipinski definition) is 4. The minimum atomic E-state index is -0.447. The molecule has 0 bridgehead atoms. The highest BCUT2D eigenvalue weighted by atomic mass is 127. The van der Waals surface area contributed by atoms with Gasteiger partial charge in [-0.1, -0.05) is 36.4 Å². The SMILES string of the molecule is COc1cc(C=NNC(=O)Nc2ccccc2C)cc(I)c1OCc1ccccc1F. The Hall–Kier alpha value is -3.14. The second-order valence-electron chi connectivity index (χ2n) is 6.55. The van der Waals surface area contributed by atoms with E-state index in [0.29, 0.717) is 28.3 Å². The minimum absolute atomic E-state index is 0.0765. The summed E-state index contributed by atoms with van der Waals surface area (Å²) in [7, 11) is 1.52. The van der Waals surface area contributed by atoms with E-state index >= 15 is 0 Å². The lowest BCUT2D eigenvalue weighted by Gasteiger charge is -2.14. The van der Waals surface area contributed by atoms with E-state index in [9.17, 15) is 9.18 Å². The van der Waals surface area contributed by atoms with Crippen LogP contribution in [0.3, 0.4) is 0 Å². The van der Waals surface area contributed by atoms with Crippen molar-refractivity contribution in [3.8, 4) is 11.5 Å². The third-order valence-corrected chi connectivity index (χ3v) is 5.16. The fourth-order valence-electron chi connectivity index (χ4n) is 2.75. The van der Waals surface area contributed by atoms with E-state index in [2.05, 4.69) is 38.4 Å². The number of aryl methyl sites for hydroxylation is 1. The molecule has 2 amide bonds. The number of hydrogen-bond donors (Lipinski definition) is 2. The molecule has 0 aliphatic rings. The van der Waals surface area contributed by atoms with Crippen molar-refractivity contribution < 1.29 is 18.7 Å². The van der Waals surface area contributed by atoms with Gasteiger partial charge in [0, 0.05) is 11.3 Å². The Labute approximate surface area is 193 Å². The first kappa shape index (κ1) is 22.5. The summed E-state index contributed by atoms with van der Waals surface area (Å²) < 4.78 is 25.8. The third kappa shape index (κ3) is 6.17. The van der Waals surface area contributed by atoms with E-state index in [1.165, 1.54) is 19.4 Å². The number of nitrogens with one attached hydrogen (secondary N) is 2. The van der Waals surface area contributed by atoms with Crippen LogP contribution in [0, 0.1) is 16.3 Å². The molecule has 3 aromatic carbocycles. The molecule has 0 fully saturated rings. The average Bonchev–Trinajstić information content (AvgIpc) is 2.75. The molecular weight excluding hydrogens is 512 g/mol. The number of benzene rings is 3. The van der Waals surface area contributed by atoms with Crippen molar-refractivity contribution in [2.75, 3.05) is 12.4 Å². The lowest BCUT2D eigenvalue weighted by Crippen LogP contribution is -2.24. The summed E-state index contributed by atoms with van der Waals surface area (Å²) in [5, 5.41) is 6.72. The number of methoxy groups -OCH3 is 1. The van der Waals surface area contributed by atoms with E-state index in [0.717, 1.165) is 9.13 Å². The van der Waals surface area contributed by atoms with Crippen molar-refractivity contribution in [1.29, 1.82) is 0 Å².